The van der Waals surface area contributed by atoms with Crippen LogP contribution in [0, 0.1) is 10.8 Å². The van der Waals surface area contributed by atoms with Crippen LogP contribution in [-0.4, -0.2) is 41.8 Å². The minimum Gasteiger partial charge on any atom is -0.481 e. The Labute approximate surface area is 163 Å². The Hall–Kier alpha value is -2.82. The number of benzene rings is 2. The summed E-state index contributed by atoms with van der Waals surface area (Å²) < 4.78 is 5.71. The topological polar surface area (TPSA) is 66.8 Å². The zero-order valence-corrected chi connectivity index (χ0v) is 15.9. The first kappa shape index (κ1) is 17.3. The highest BCUT2D eigenvalue weighted by molar-refractivity contribution is 5.80. The first-order valence-corrected chi connectivity index (χ1v) is 9.74. The van der Waals surface area contributed by atoms with E-state index in [-0.39, 0.29) is 24.5 Å². The van der Waals surface area contributed by atoms with E-state index < -0.39 is 17.5 Å². The Morgan fingerprint density at radius 3 is 2.18 bits per heavy atom. The van der Waals surface area contributed by atoms with Gasteiger partial charge in [-0.05, 0) is 40.5 Å². The highest BCUT2D eigenvalue weighted by Gasteiger charge is 2.62. The van der Waals surface area contributed by atoms with Gasteiger partial charge in [0.05, 0.1) is 5.41 Å². The fourth-order valence-electron chi connectivity index (χ4n) is 5.72. The lowest BCUT2D eigenvalue weighted by atomic mass is 9.50. The lowest BCUT2D eigenvalue weighted by Gasteiger charge is -2.59. The van der Waals surface area contributed by atoms with Crippen LogP contribution in [0.15, 0.2) is 48.5 Å². The van der Waals surface area contributed by atoms with Crippen molar-refractivity contribution in [2.45, 2.75) is 25.7 Å². The quantitative estimate of drug-likeness (QED) is 0.874. The van der Waals surface area contributed by atoms with Gasteiger partial charge in [-0.3, -0.25) is 4.79 Å². The zero-order valence-electron chi connectivity index (χ0n) is 15.9. The number of aliphatic carboxylic acids is 1. The number of ether oxygens (including phenoxy) is 1. The fraction of sp³-hybridized carbons (Fsp3) is 0.391. The minimum absolute atomic E-state index is 0.0136. The lowest BCUT2D eigenvalue weighted by Crippen LogP contribution is -2.65. The molecule has 2 bridgehead atoms. The predicted molar refractivity (Wildman–Crippen MR) is 104 cm³/mol. The molecule has 5 nitrogen and oxygen atoms in total. The van der Waals surface area contributed by atoms with Crippen molar-refractivity contribution in [2.24, 2.45) is 10.8 Å². The Kier molecular flexibility index (Phi) is 3.60. The third kappa shape index (κ3) is 2.45. The van der Waals surface area contributed by atoms with Crippen LogP contribution in [0.4, 0.5) is 4.79 Å². The van der Waals surface area contributed by atoms with E-state index >= 15 is 0 Å². The Morgan fingerprint density at radius 1 is 1.04 bits per heavy atom. The summed E-state index contributed by atoms with van der Waals surface area (Å²) in [4.78, 5) is 26.0. The van der Waals surface area contributed by atoms with Crippen LogP contribution < -0.4 is 0 Å². The van der Waals surface area contributed by atoms with Crippen molar-refractivity contribution in [3.8, 4) is 11.1 Å². The SMILES string of the molecule is CC12CN(C(=O)OCC3c4ccccc4-c4ccccc43)CC(C(=O)O)(C1)C2. The average molecular weight is 377 g/mol. The molecule has 3 fully saturated rings. The molecular weight excluding hydrogens is 354 g/mol. The molecule has 5 heteroatoms. The number of carbonyl (C=O) groups excluding carboxylic acids is 1. The number of amides is 1. The second kappa shape index (κ2) is 5.84. The first-order chi connectivity index (χ1) is 13.4. The van der Waals surface area contributed by atoms with Gasteiger partial charge in [0, 0.05) is 19.0 Å². The monoisotopic (exact) mass is 377 g/mol. The van der Waals surface area contributed by atoms with Crippen molar-refractivity contribution in [1.82, 2.24) is 4.90 Å². The van der Waals surface area contributed by atoms with Crippen LogP contribution >= 0.6 is 0 Å². The first-order valence-electron chi connectivity index (χ1n) is 9.74. The number of carboxylic acids is 1. The van der Waals surface area contributed by atoms with Gasteiger partial charge < -0.3 is 14.7 Å². The van der Waals surface area contributed by atoms with Crippen LogP contribution in [0.2, 0.25) is 0 Å². The van der Waals surface area contributed by atoms with Crippen molar-refractivity contribution in [2.75, 3.05) is 19.7 Å². The third-order valence-corrected chi connectivity index (χ3v) is 6.64. The van der Waals surface area contributed by atoms with E-state index in [0.29, 0.717) is 19.4 Å². The molecule has 2 aromatic rings. The molecule has 0 spiro atoms. The number of rotatable bonds is 3. The molecular formula is C23H23NO4. The van der Waals surface area contributed by atoms with Gasteiger partial charge in [0.1, 0.15) is 6.61 Å². The van der Waals surface area contributed by atoms with Gasteiger partial charge in [-0.2, -0.15) is 0 Å². The molecule has 2 aliphatic carbocycles. The van der Waals surface area contributed by atoms with Gasteiger partial charge in [0.2, 0.25) is 0 Å². The molecule has 1 saturated carbocycles. The Bertz CT molecular complexity index is 931. The largest absolute Gasteiger partial charge is 0.481 e. The van der Waals surface area contributed by atoms with E-state index in [1.807, 2.05) is 24.3 Å². The molecule has 2 aromatic carbocycles. The summed E-state index contributed by atoms with van der Waals surface area (Å²) in [6.45, 7) is 3.13. The van der Waals surface area contributed by atoms with Gasteiger partial charge in [-0.1, -0.05) is 55.5 Å². The molecule has 1 amide bonds. The van der Waals surface area contributed by atoms with Gasteiger partial charge >= 0.3 is 12.1 Å². The summed E-state index contributed by atoms with van der Waals surface area (Å²) in [7, 11) is 0. The maximum Gasteiger partial charge on any atom is 0.409 e. The molecule has 1 N–H and O–H groups in total. The molecule has 0 aromatic heterocycles. The third-order valence-electron chi connectivity index (χ3n) is 6.64. The summed E-state index contributed by atoms with van der Waals surface area (Å²) in [5, 5.41) is 9.59. The molecule has 2 aliphatic heterocycles. The molecule has 28 heavy (non-hydrogen) atoms. The van der Waals surface area contributed by atoms with Gasteiger partial charge in [0.15, 0.2) is 0 Å². The van der Waals surface area contributed by atoms with Crippen molar-refractivity contribution in [3.63, 3.8) is 0 Å². The number of carbonyl (C=O) groups is 2. The highest BCUT2D eigenvalue weighted by atomic mass is 16.6. The van der Waals surface area contributed by atoms with E-state index in [0.717, 1.165) is 0 Å². The lowest BCUT2D eigenvalue weighted by molar-refractivity contribution is -0.180. The second-order valence-corrected chi connectivity index (χ2v) is 8.91. The smallest absolute Gasteiger partial charge is 0.409 e. The fourth-order valence-corrected chi connectivity index (χ4v) is 5.72. The molecule has 0 atom stereocenters. The molecule has 2 saturated heterocycles. The Balaban J connectivity index is 1.33. The second-order valence-electron chi connectivity index (χ2n) is 8.91. The van der Waals surface area contributed by atoms with Crippen LogP contribution in [0.25, 0.3) is 11.1 Å². The van der Waals surface area contributed by atoms with Crippen molar-refractivity contribution >= 4 is 12.1 Å². The van der Waals surface area contributed by atoms with Gasteiger partial charge in [0.25, 0.3) is 0 Å². The van der Waals surface area contributed by atoms with Crippen LogP contribution in [0.3, 0.4) is 0 Å². The van der Waals surface area contributed by atoms with Gasteiger partial charge in [-0.15, -0.1) is 0 Å². The maximum atomic E-state index is 12.8. The average Bonchev–Trinajstić information content (AvgIpc) is 2.99. The summed E-state index contributed by atoms with van der Waals surface area (Å²) in [5.41, 5.74) is 3.83. The number of hydrogen-bond acceptors (Lipinski definition) is 3. The van der Waals surface area contributed by atoms with Crippen molar-refractivity contribution in [3.05, 3.63) is 59.7 Å². The van der Waals surface area contributed by atoms with Crippen molar-refractivity contribution < 1.29 is 19.4 Å². The van der Waals surface area contributed by atoms with Crippen LogP contribution in [-0.2, 0) is 9.53 Å². The van der Waals surface area contributed by atoms with E-state index in [9.17, 15) is 14.7 Å². The number of piperidine rings is 2. The van der Waals surface area contributed by atoms with E-state index in [4.69, 9.17) is 4.74 Å². The van der Waals surface area contributed by atoms with E-state index in [1.54, 1.807) is 4.90 Å². The molecule has 0 unspecified atom stereocenters. The zero-order chi connectivity index (χ0) is 19.5. The van der Waals surface area contributed by atoms with Gasteiger partial charge in [-0.25, -0.2) is 4.79 Å². The minimum atomic E-state index is -0.805. The number of nitrogens with zero attached hydrogens (tertiary/aromatic N) is 1. The summed E-state index contributed by atoms with van der Waals surface area (Å²) in [6.07, 6.45) is 0.878. The maximum absolute atomic E-state index is 12.8. The predicted octanol–water partition coefficient (Wildman–Crippen LogP) is 4.12. The highest BCUT2D eigenvalue weighted by Crippen LogP contribution is 2.58. The summed E-state index contributed by atoms with van der Waals surface area (Å²) >= 11 is 0. The normalized spacial score (nSPS) is 27.5. The summed E-state index contributed by atoms with van der Waals surface area (Å²) in [5.74, 6) is -0.791. The molecule has 2 heterocycles. The number of carboxylic acid groups (broad SMARTS) is 1. The molecule has 4 aliphatic rings. The molecule has 6 rings (SSSR count). The van der Waals surface area contributed by atoms with Crippen LogP contribution in [0.1, 0.15) is 36.8 Å². The molecule has 144 valence electrons. The summed E-state index contributed by atoms with van der Waals surface area (Å²) in [6, 6.07) is 16.4. The van der Waals surface area contributed by atoms with E-state index in [2.05, 4.69) is 31.2 Å². The standard InChI is InChI=1S/C23H23NO4/c1-22-11-23(12-22,20(25)26)14-24(13-22)21(27)28-10-19-17-8-4-2-6-15(17)16-7-3-5-9-18(16)19/h2-9,19H,10-14H2,1H3,(H,25,26). The van der Waals surface area contributed by atoms with Crippen molar-refractivity contribution in [1.29, 1.82) is 0 Å². The molecule has 0 radical (unpaired) electrons. The number of fused-ring (bicyclic) bond motifs is 5. The van der Waals surface area contributed by atoms with E-state index in [1.165, 1.54) is 22.3 Å². The van der Waals surface area contributed by atoms with Crippen LogP contribution in [0.5, 0.6) is 0 Å². The number of hydrogen-bond donors (Lipinski definition) is 1. The Morgan fingerprint density at radius 2 is 1.61 bits per heavy atom.